The van der Waals surface area contributed by atoms with Gasteiger partial charge in [0.15, 0.2) is 0 Å². The average Bonchev–Trinajstić information content (AvgIpc) is 1.72. The third kappa shape index (κ3) is 16000. The first-order valence-corrected chi connectivity index (χ1v) is 2.57. The van der Waals surface area contributed by atoms with Gasteiger partial charge in [-0.1, -0.05) is 37.1 Å². The summed E-state index contributed by atoms with van der Waals surface area (Å²) < 4.78 is 34.1. The fourth-order valence-corrected chi connectivity index (χ4v) is 0. The zero-order valence-electron chi connectivity index (χ0n) is 4.22. The molecule has 0 aromatic carbocycles. The summed E-state index contributed by atoms with van der Waals surface area (Å²) in [4.78, 5) is 0. The summed E-state index contributed by atoms with van der Waals surface area (Å²) in [7, 11) is -5.17. The summed E-state index contributed by atoms with van der Waals surface area (Å²) in [6, 6.07) is 0. The molecule has 0 saturated heterocycles. The molecule has 0 amide bonds. The van der Waals surface area contributed by atoms with Crippen molar-refractivity contribution in [3.8, 4) is 0 Å². The molecule has 0 bridgehead atoms. The Balaban J connectivity index is -0.00000000611. The van der Waals surface area contributed by atoms with E-state index in [1.54, 1.807) is 0 Å². The maximum atomic E-state index is 8.52. The maximum Gasteiger partial charge on any atom is 0.0311 e. The number of hydrogen-bond donors (Lipinski definition) is 4. The second-order valence-corrected chi connectivity index (χ2v) is 1.22. The van der Waals surface area contributed by atoms with Crippen LogP contribution in [0.3, 0.4) is 0 Å². The Bertz CT molecular complexity index is 107. The molecular weight excluding hydrogens is 216 g/mol. The van der Waals surface area contributed by atoms with Gasteiger partial charge in [0.25, 0.3) is 0 Å². The summed E-state index contributed by atoms with van der Waals surface area (Å²) in [5.41, 5.74) is 0. The van der Waals surface area contributed by atoms with E-state index in [4.69, 9.17) is 27.9 Å². The lowest BCUT2D eigenvalue weighted by molar-refractivity contribution is -0.670. The Kier molecular flexibility index (Phi) is 259. The highest BCUT2D eigenvalue weighted by Crippen LogP contribution is 1.57. The van der Waals surface area contributed by atoms with Crippen molar-refractivity contribution in [2.24, 2.45) is 5.90 Å². The molecule has 0 aromatic rings. The van der Waals surface area contributed by atoms with Crippen LogP contribution in [-0.2, 0) is 10.4 Å². The van der Waals surface area contributed by atoms with Gasteiger partial charge in [-0.3, -0.25) is 8.42 Å². The maximum absolute atomic E-state index is 8.52. The minimum atomic E-state index is -5.17. The molecule has 9 heteroatoms. The molecule has 0 fully saturated rings. The van der Waals surface area contributed by atoms with Crippen LogP contribution in [0.4, 0.5) is 0 Å². The minimum absolute atomic E-state index is 0. The van der Waals surface area contributed by atoms with Crippen LogP contribution in [0.15, 0.2) is 0 Å². The Hall–Kier alpha value is -0.290. The lowest BCUT2D eigenvalue weighted by atomic mass is 12.0. The SMILES string of the molecule is C.C.C.C.C.NO.O=S(=O)([O-])[O-].[NH3+]O. The molecule has 0 rings (SSSR count). The quantitative estimate of drug-likeness (QED) is 0.258. The smallest absolute Gasteiger partial charge is 0.0311 e. The molecule has 0 aliphatic heterocycles. The third-order valence-corrected chi connectivity index (χ3v) is 0. The standard InChI is InChI=1S/5CH4.H4NO.H3NO.H2O4S/c;;;;;2*1-2;1-5(2,3)4/h5*1H4;2H,1H3;2H,1H2;(H2,1,2,3,4)/q;;;;;+1;;/p-2. The van der Waals surface area contributed by atoms with Gasteiger partial charge in [0.1, 0.15) is 0 Å². The van der Waals surface area contributed by atoms with Crippen LogP contribution in [-0.4, -0.2) is 27.9 Å². The van der Waals surface area contributed by atoms with Crippen LogP contribution >= 0.6 is 0 Å². The van der Waals surface area contributed by atoms with Crippen LogP contribution in [0.1, 0.15) is 37.1 Å². The van der Waals surface area contributed by atoms with E-state index in [1.165, 1.54) is 0 Å². The van der Waals surface area contributed by atoms with E-state index in [1.807, 2.05) is 0 Å². The van der Waals surface area contributed by atoms with Crippen LogP contribution in [0.2, 0.25) is 0 Å². The van der Waals surface area contributed by atoms with E-state index in [0.717, 1.165) is 0 Å². The highest BCUT2D eigenvalue weighted by molar-refractivity contribution is 7.79. The van der Waals surface area contributed by atoms with Crippen molar-refractivity contribution < 1.29 is 33.8 Å². The van der Waals surface area contributed by atoms with Gasteiger partial charge in [-0.25, -0.2) is 17.0 Å². The van der Waals surface area contributed by atoms with Crippen LogP contribution < -0.4 is 11.8 Å². The second kappa shape index (κ2) is 53.5. The van der Waals surface area contributed by atoms with Gasteiger partial charge in [0.05, 0.1) is 0 Å². The molecule has 0 saturated carbocycles. The molecule has 7 N–H and O–H groups in total. The van der Waals surface area contributed by atoms with Gasteiger partial charge in [0, 0.05) is 10.4 Å². The largest absolute Gasteiger partial charge is 0.759 e. The lowest BCUT2D eigenvalue weighted by Crippen LogP contribution is -2.42. The first kappa shape index (κ1) is 67.9. The molecule has 0 aliphatic carbocycles. The molecule has 0 heterocycles. The van der Waals surface area contributed by atoms with Crippen LogP contribution in [0, 0.1) is 0 Å². The van der Waals surface area contributed by atoms with Crippen molar-refractivity contribution in [2.75, 3.05) is 0 Å². The Morgan fingerprint density at radius 3 is 0.857 bits per heavy atom. The van der Waals surface area contributed by atoms with Gasteiger partial charge < -0.3 is 14.3 Å². The fourth-order valence-electron chi connectivity index (χ4n) is 0. The van der Waals surface area contributed by atoms with Crippen LogP contribution in [0.5, 0.6) is 0 Å². The first-order chi connectivity index (χ1) is 4.00. The number of nitrogens with two attached hydrogens (primary N) is 1. The van der Waals surface area contributed by atoms with Gasteiger partial charge >= 0.3 is 0 Å². The first-order valence-electron chi connectivity index (χ1n) is 1.24. The molecule has 0 unspecified atom stereocenters. The molecule has 0 radical (unpaired) electrons. The van der Waals surface area contributed by atoms with Gasteiger partial charge in [-0.2, -0.15) is 0 Å². The molecule has 8 nitrogen and oxygen atoms in total. The van der Waals surface area contributed by atoms with E-state index < -0.39 is 10.4 Å². The Morgan fingerprint density at radius 2 is 0.857 bits per heavy atom. The molecule has 100 valence electrons. The van der Waals surface area contributed by atoms with Crippen molar-refractivity contribution in [1.29, 1.82) is 0 Å². The summed E-state index contributed by atoms with van der Waals surface area (Å²) in [5.74, 6) is 5.75. The summed E-state index contributed by atoms with van der Waals surface area (Å²) >= 11 is 0. The number of quaternary nitrogens is 1. The van der Waals surface area contributed by atoms with E-state index in [0.29, 0.717) is 0 Å². The zero-order chi connectivity index (χ0) is 8.50. The van der Waals surface area contributed by atoms with Gasteiger partial charge in [-0.15, -0.1) is 0 Å². The lowest BCUT2D eigenvalue weighted by Gasteiger charge is -2.06. The topological polar surface area (TPSA) is 174 Å². The van der Waals surface area contributed by atoms with Crippen molar-refractivity contribution in [3.05, 3.63) is 0 Å². The molecule has 14 heavy (non-hydrogen) atoms. The van der Waals surface area contributed by atoms with Crippen LogP contribution in [0.25, 0.3) is 0 Å². The monoisotopic (exact) mass is 243 g/mol. The molecule has 0 aliphatic rings. The predicted molar refractivity (Wildman–Crippen MR) is 54.8 cm³/mol. The van der Waals surface area contributed by atoms with Crippen molar-refractivity contribution in [3.63, 3.8) is 0 Å². The molecular formula is C5H27N2O6S-. The third-order valence-electron chi connectivity index (χ3n) is 0. The summed E-state index contributed by atoms with van der Waals surface area (Å²) in [5, 5.41) is 13.2. The summed E-state index contributed by atoms with van der Waals surface area (Å²) in [6.45, 7) is 0. The summed E-state index contributed by atoms with van der Waals surface area (Å²) in [6.07, 6.45) is 0. The molecule has 0 spiro atoms. The zero-order valence-corrected chi connectivity index (χ0v) is 5.04. The average molecular weight is 243 g/mol. The number of hydrogen-bond acceptors (Lipinski definition) is 7. The van der Waals surface area contributed by atoms with Crippen molar-refractivity contribution >= 4 is 10.4 Å². The van der Waals surface area contributed by atoms with E-state index in [2.05, 4.69) is 11.8 Å². The molecule has 0 atom stereocenters. The minimum Gasteiger partial charge on any atom is -0.759 e. The van der Waals surface area contributed by atoms with Crippen molar-refractivity contribution in [2.45, 2.75) is 37.1 Å². The Labute approximate surface area is 88.0 Å². The normalized spacial score (nSPS) is 5.00. The van der Waals surface area contributed by atoms with E-state index >= 15 is 0 Å². The van der Waals surface area contributed by atoms with E-state index in [-0.39, 0.29) is 37.1 Å². The van der Waals surface area contributed by atoms with E-state index in [9.17, 15) is 0 Å². The Morgan fingerprint density at radius 1 is 0.857 bits per heavy atom. The van der Waals surface area contributed by atoms with Gasteiger partial charge in [-0.05, 0) is 0 Å². The molecule has 0 aromatic heterocycles. The predicted octanol–water partition coefficient (Wildman–Crippen LogP) is -0.206. The van der Waals surface area contributed by atoms with Gasteiger partial charge in [0.2, 0.25) is 0 Å². The number of rotatable bonds is 0. The second-order valence-electron chi connectivity index (χ2n) is 0.408. The highest BCUT2D eigenvalue weighted by atomic mass is 32.3. The highest BCUT2D eigenvalue weighted by Gasteiger charge is 1.49. The van der Waals surface area contributed by atoms with Crippen molar-refractivity contribution in [1.82, 2.24) is 0 Å². The fraction of sp³-hybridized carbons (Fsp3) is 1.00.